The SMILES string of the molecule is CC(C(=O)NCCC1CCOC1)C(N)=S. The van der Waals surface area contributed by atoms with Gasteiger partial charge < -0.3 is 15.8 Å². The first-order chi connectivity index (χ1) is 7.11. The number of amides is 1. The molecular weight excluding hydrogens is 212 g/mol. The Labute approximate surface area is 95.5 Å². The van der Waals surface area contributed by atoms with Crippen LogP contribution in [0.25, 0.3) is 0 Å². The molecule has 0 aromatic carbocycles. The van der Waals surface area contributed by atoms with Crippen LogP contribution in [0.3, 0.4) is 0 Å². The van der Waals surface area contributed by atoms with E-state index < -0.39 is 0 Å². The van der Waals surface area contributed by atoms with E-state index in [1.54, 1.807) is 6.92 Å². The van der Waals surface area contributed by atoms with Crippen LogP contribution in [0.4, 0.5) is 0 Å². The Balaban J connectivity index is 2.13. The molecule has 0 saturated carbocycles. The summed E-state index contributed by atoms with van der Waals surface area (Å²) in [6.07, 6.45) is 2.07. The summed E-state index contributed by atoms with van der Waals surface area (Å²) in [6.45, 7) is 4.07. The highest BCUT2D eigenvalue weighted by Gasteiger charge is 2.17. The minimum absolute atomic E-state index is 0.0820. The molecule has 1 aliphatic rings. The highest BCUT2D eigenvalue weighted by molar-refractivity contribution is 7.80. The standard InChI is InChI=1S/C10H18N2O2S/c1-7(9(11)15)10(13)12-4-2-8-3-5-14-6-8/h7-8H,2-6H2,1H3,(H2,11,15)(H,12,13). The van der Waals surface area contributed by atoms with Crippen LogP contribution in [-0.2, 0) is 9.53 Å². The van der Waals surface area contributed by atoms with Gasteiger partial charge in [0, 0.05) is 19.8 Å². The quantitative estimate of drug-likeness (QED) is 0.673. The lowest BCUT2D eigenvalue weighted by atomic mass is 10.1. The van der Waals surface area contributed by atoms with Gasteiger partial charge in [-0.2, -0.15) is 0 Å². The molecule has 0 aliphatic carbocycles. The van der Waals surface area contributed by atoms with Gasteiger partial charge in [-0.25, -0.2) is 0 Å². The minimum Gasteiger partial charge on any atom is -0.393 e. The number of rotatable bonds is 5. The zero-order chi connectivity index (χ0) is 11.3. The molecule has 1 heterocycles. The van der Waals surface area contributed by atoms with E-state index in [1.165, 1.54) is 0 Å². The van der Waals surface area contributed by atoms with Crippen LogP contribution in [0.2, 0.25) is 0 Å². The Hall–Kier alpha value is -0.680. The van der Waals surface area contributed by atoms with Gasteiger partial charge in [-0.05, 0) is 25.7 Å². The van der Waals surface area contributed by atoms with Gasteiger partial charge in [0.05, 0.1) is 10.9 Å². The molecule has 15 heavy (non-hydrogen) atoms. The van der Waals surface area contributed by atoms with E-state index in [0.717, 1.165) is 26.1 Å². The zero-order valence-electron chi connectivity index (χ0n) is 8.99. The third-order valence-corrected chi connectivity index (χ3v) is 3.05. The molecule has 5 heteroatoms. The van der Waals surface area contributed by atoms with E-state index in [0.29, 0.717) is 12.5 Å². The van der Waals surface area contributed by atoms with E-state index in [1.807, 2.05) is 0 Å². The van der Waals surface area contributed by atoms with E-state index in [-0.39, 0.29) is 16.8 Å². The van der Waals surface area contributed by atoms with Gasteiger partial charge in [0.25, 0.3) is 0 Å². The molecular formula is C10H18N2O2S. The van der Waals surface area contributed by atoms with Gasteiger partial charge in [-0.1, -0.05) is 12.2 Å². The second-order valence-electron chi connectivity index (χ2n) is 3.93. The van der Waals surface area contributed by atoms with Gasteiger partial charge in [-0.3, -0.25) is 4.79 Å². The summed E-state index contributed by atoms with van der Waals surface area (Å²) < 4.78 is 5.25. The summed E-state index contributed by atoms with van der Waals surface area (Å²) in [4.78, 5) is 11.7. The molecule has 0 aromatic rings. The number of hydrogen-bond acceptors (Lipinski definition) is 3. The first-order valence-corrected chi connectivity index (χ1v) is 5.67. The van der Waals surface area contributed by atoms with Crippen LogP contribution in [0.15, 0.2) is 0 Å². The largest absolute Gasteiger partial charge is 0.393 e. The van der Waals surface area contributed by atoms with Crippen LogP contribution >= 0.6 is 12.2 Å². The fourth-order valence-electron chi connectivity index (χ4n) is 1.49. The number of carbonyl (C=O) groups excluding carboxylic acids is 1. The smallest absolute Gasteiger partial charge is 0.229 e. The van der Waals surface area contributed by atoms with Crippen molar-refractivity contribution in [3.8, 4) is 0 Å². The van der Waals surface area contributed by atoms with Crippen LogP contribution in [-0.4, -0.2) is 30.7 Å². The van der Waals surface area contributed by atoms with E-state index in [2.05, 4.69) is 5.32 Å². The topological polar surface area (TPSA) is 64.3 Å². The maximum Gasteiger partial charge on any atom is 0.229 e. The maximum absolute atomic E-state index is 11.4. The third-order valence-electron chi connectivity index (χ3n) is 2.70. The average molecular weight is 230 g/mol. The summed E-state index contributed by atoms with van der Waals surface area (Å²) in [6, 6.07) is 0. The maximum atomic E-state index is 11.4. The predicted octanol–water partition coefficient (Wildman–Crippen LogP) is 0.451. The van der Waals surface area contributed by atoms with Crippen molar-refractivity contribution in [2.24, 2.45) is 17.6 Å². The first kappa shape index (κ1) is 12.4. The Kier molecular flexibility index (Phi) is 4.98. The molecule has 1 fully saturated rings. The molecule has 2 unspecified atom stereocenters. The second-order valence-corrected chi connectivity index (χ2v) is 4.40. The molecule has 1 saturated heterocycles. The lowest BCUT2D eigenvalue weighted by Gasteiger charge is -2.12. The highest BCUT2D eigenvalue weighted by atomic mass is 32.1. The molecule has 0 spiro atoms. The van der Waals surface area contributed by atoms with Crippen molar-refractivity contribution in [2.45, 2.75) is 19.8 Å². The summed E-state index contributed by atoms with van der Waals surface area (Å²) in [7, 11) is 0. The molecule has 1 amide bonds. The van der Waals surface area contributed by atoms with Gasteiger partial charge in [0.15, 0.2) is 0 Å². The zero-order valence-corrected chi connectivity index (χ0v) is 9.81. The fraction of sp³-hybridized carbons (Fsp3) is 0.800. The number of carbonyl (C=O) groups is 1. The van der Waals surface area contributed by atoms with Gasteiger partial charge >= 0.3 is 0 Å². The van der Waals surface area contributed by atoms with Crippen molar-refractivity contribution < 1.29 is 9.53 Å². The number of ether oxygens (including phenoxy) is 1. The fourth-order valence-corrected chi connectivity index (χ4v) is 1.60. The van der Waals surface area contributed by atoms with E-state index in [9.17, 15) is 4.79 Å². The minimum atomic E-state index is -0.375. The first-order valence-electron chi connectivity index (χ1n) is 5.26. The molecule has 3 N–H and O–H groups in total. The van der Waals surface area contributed by atoms with E-state index >= 15 is 0 Å². The molecule has 2 atom stereocenters. The van der Waals surface area contributed by atoms with E-state index in [4.69, 9.17) is 22.7 Å². The number of thiocarbonyl (C=S) groups is 1. The lowest BCUT2D eigenvalue weighted by molar-refractivity contribution is -0.122. The van der Waals surface area contributed by atoms with Crippen molar-refractivity contribution >= 4 is 23.1 Å². The summed E-state index contributed by atoms with van der Waals surface area (Å²) in [5.74, 6) is 0.131. The molecule has 1 rings (SSSR count). The number of nitrogens with one attached hydrogen (secondary N) is 1. The summed E-state index contributed by atoms with van der Waals surface area (Å²) in [5.41, 5.74) is 5.38. The Morgan fingerprint density at radius 2 is 2.47 bits per heavy atom. The normalized spacial score (nSPS) is 22.3. The van der Waals surface area contributed by atoms with Crippen molar-refractivity contribution in [1.82, 2.24) is 5.32 Å². The van der Waals surface area contributed by atoms with Crippen LogP contribution in [0.5, 0.6) is 0 Å². The Morgan fingerprint density at radius 1 is 1.73 bits per heavy atom. The summed E-state index contributed by atoms with van der Waals surface area (Å²) in [5, 5.41) is 2.83. The molecule has 1 aliphatic heterocycles. The lowest BCUT2D eigenvalue weighted by Crippen LogP contribution is -2.36. The second kappa shape index (κ2) is 6.02. The summed E-state index contributed by atoms with van der Waals surface area (Å²) >= 11 is 4.75. The van der Waals surface area contributed by atoms with Gasteiger partial charge in [0.1, 0.15) is 0 Å². The van der Waals surface area contributed by atoms with Crippen molar-refractivity contribution in [2.75, 3.05) is 19.8 Å². The molecule has 0 radical (unpaired) electrons. The van der Waals surface area contributed by atoms with Crippen LogP contribution in [0, 0.1) is 11.8 Å². The monoisotopic (exact) mass is 230 g/mol. The molecule has 0 bridgehead atoms. The Bertz CT molecular complexity index is 240. The third kappa shape index (κ3) is 4.13. The van der Waals surface area contributed by atoms with Gasteiger partial charge in [-0.15, -0.1) is 0 Å². The Morgan fingerprint density at radius 3 is 3.00 bits per heavy atom. The van der Waals surface area contributed by atoms with Crippen molar-refractivity contribution in [1.29, 1.82) is 0 Å². The van der Waals surface area contributed by atoms with Crippen molar-refractivity contribution in [3.63, 3.8) is 0 Å². The number of nitrogens with two attached hydrogens (primary N) is 1. The predicted molar refractivity (Wildman–Crippen MR) is 62.5 cm³/mol. The average Bonchev–Trinajstić information content (AvgIpc) is 2.69. The van der Waals surface area contributed by atoms with Crippen LogP contribution in [0.1, 0.15) is 19.8 Å². The highest BCUT2D eigenvalue weighted by Crippen LogP contribution is 2.15. The number of hydrogen-bond donors (Lipinski definition) is 2. The molecule has 86 valence electrons. The van der Waals surface area contributed by atoms with Crippen molar-refractivity contribution in [3.05, 3.63) is 0 Å². The molecule has 4 nitrogen and oxygen atoms in total. The molecule has 0 aromatic heterocycles. The van der Waals surface area contributed by atoms with Gasteiger partial charge in [0.2, 0.25) is 5.91 Å². The van der Waals surface area contributed by atoms with Crippen LogP contribution < -0.4 is 11.1 Å².